The molecule has 1 heterocycles. The van der Waals surface area contributed by atoms with Crippen LogP contribution in [0.15, 0.2) is 34.9 Å². The fourth-order valence-electron chi connectivity index (χ4n) is 2.19. The summed E-state index contributed by atoms with van der Waals surface area (Å²) in [5.74, 6) is 1.88. The minimum absolute atomic E-state index is 0.214. The first-order valence-corrected chi connectivity index (χ1v) is 6.46. The second kappa shape index (κ2) is 4.90. The van der Waals surface area contributed by atoms with Gasteiger partial charge in [0.25, 0.3) is 0 Å². The zero-order valence-corrected chi connectivity index (χ0v) is 10.2. The van der Waals surface area contributed by atoms with E-state index in [1.165, 1.54) is 24.8 Å². The van der Waals surface area contributed by atoms with Gasteiger partial charge in [0.05, 0.1) is 6.04 Å². The third-order valence-electron chi connectivity index (χ3n) is 3.54. The lowest BCUT2D eigenvalue weighted by Gasteiger charge is -2.21. The Balaban J connectivity index is 1.68. The van der Waals surface area contributed by atoms with Crippen LogP contribution in [0.1, 0.15) is 48.5 Å². The lowest BCUT2D eigenvalue weighted by atomic mass is 9.85. The van der Waals surface area contributed by atoms with E-state index in [4.69, 9.17) is 10.3 Å². The molecule has 1 aliphatic rings. The molecular weight excluding hydrogens is 226 g/mol. The van der Waals surface area contributed by atoms with Gasteiger partial charge in [0, 0.05) is 5.92 Å². The normalized spacial score (nSPS) is 17.4. The monoisotopic (exact) mass is 243 g/mol. The minimum Gasteiger partial charge on any atom is -0.338 e. The molecule has 4 heteroatoms. The Labute approximate surface area is 106 Å². The van der Waals surface area contributed by atoms with Gasteiger partial charge >= 0.3 is 0 Å². The summed E-state index contributed by atoms with van der Waals surface area (Å²) < 4.78 is 5.27. The molecule has 2 N–H and O–H groups in total. The van der Waals surface area contributed by atoms with Gasteiger partial charge in [-0.15, -0.1) is 0 Å². The molecule has 1 fully saturated rings. The second-order valence-electron chi connectivity index (χ2n) is 4.91. The summed E-state index contributed by atoms with van der Waals surface area (Å²) in [6.45, 7) is 0. The molecule has 2 aromatic rings. The highest BCUT2D eigenvalue weighted by molar-refractivity contribution is 5.17. The van der Waals surface area contributed by atoms with E-state index in [-0.39, 0.29) is 6.04 Å². The molecule has 94 valence electrons. The van der Waals surface area contributed by atoms with Gasteiger partial charge in [-0.05, 0) is 24.8 Å². The highest BCUT2D eigenvalue weighted by Gasteiger charge is 2.25. The molecule has 0 saturated heterocycles. The molecule has 1 aromatic heterocycles. The first-order chi connectivity index (χ1) is 8.83. The maximum Gasteiger partial charge on any atom is 0.243 e. The first-order valence-electron chi connectivity index (χ1n) is 6.46. The zero-order valence-electron chi connectivity index (χ0n) is 10.2. The Kier molecular flexibility index (Phi) is 3.11. The molecule has 1 aromatic carbocycles. The van der Waals surface area contributed by atoms with E-state index < -0.39 is 0 Å². The van der Waals surface area contributed by atoms with Crippen LogP contribution in [0.2, 0.25) is 0 Å². The van der Waals surface area contributed by atoms with Gasteiger partial charge in [-0.1, -0.05) is 41.9 Å². The Bertz CT molecular complexity index is 505. The van der Waals surface area contributed by atoms with E-state index in [1.807, 2.05) is 18.2 Å². The van der Waals surface area contributed by atoms with Crippen molar-refractivity contribution in [1.29, 1.82) is 0 Å². The minimum atomic E-state index is -0.214. The predicted molar refractivity (Wildman–Crippen MR) is 68.0 cm³/mol. The van der Waals surface area contributed by atoms with E-state index in [9.17, 15) is 0 Å². The smallest absolute Gasteiger partial charge is 0.243 e. The van der Waals surface area contributed by atoms with Crippen LogP contribution in [0.5, 0.6) is 0 Å². The van der Waals surface area contributed by atoms with Gasteiger partial charge in [-0.3, -0.25) is 0 Å². The predicted octanol–water partition coefficient (Wildman–Crippen LogP) is 2.58. The van der Waals surface area contributed by atoms with Crippen LogP contribution in [0.3, 0.4) is 0 Å². The average molecular weight is 243 g/mol. The van der Waals surface area contributed by atoms with Crippen LogP contribution in [-0.2, 0) is 6.42 Å². The van der Waals surface area contributed by atoms with Crippen molar-refractivity contribution in [2.45, 2.75) is 37.6 Å². The van der Waals surface area contributed by atoms with Crippen LogP contribution in [-0.4, -0.2) is 10.1 Å². The van der Waals surface area contributed by atoms with Crippen molar-refractivity contribution in [3.63, 3.8) is 0 Å². The number of hydrogen-bond donors (Lipinski definition) is 1. The molecule has 4 nitrogen and oxygen atoms in total. The third-order valence-corrected chi connectivity index (χ3v) is 3.54. The van der Waals surface area contributed by atoms with Gasteiger partial charge in [-0.25, -0.2) is 0 Å². The molecular formula is C14H17N3O. The lowest BCUT2D eigenvalue weighted by Crippen LogP contribution is -2.15. The molecule has 0 amide bonds. The number of nitrogens with zero attached hydrogens (tertiary/aromatic N) is 2. The molecule has 1 aliphatic carbocycles. The van der Waals surface area contributed by atoms with Crippen LogP contribution in [0.25, 0.3) is 0 Å². The summed E-state index contributed by atoms with van der Waals surface area (Å²) in [7, 11) is 0. The van der Waals surface area contributed by atoms with E-state index >= 15 is 0 Å². The van der Waals surface area contributed by atoms with E-state index in [0.29, 0.717) is 11.8 Å². The van der Waals surface area contributed by atoms with Crippen molar-refractivity contribution >= 4 is 0 Å². The highest BCUT2D eigenvalue weighted by Crippen LogP contribution is 2.34. The molecule has 0 aliphatic heterocycles. The Morgan fingerprint density at radius 3 is 2.72 bits per heavy atom. The van der Waals surface area contributed by atoms with Crippen molar-refractivity contribution in [2.75, 3.05) is 0 Å². The SMILES string of the molecule is N[C@H](Cc1ccccc1)c1nc(C2CCC2)no1. The third kappa shape index (κ3) is 2.29. The Morgan fingerprint density at radius 2 is 2.06 bits per heavy atom. The Hall–Kier alpha value is -1.68. The molecule has 1 saturated carbocycles. The van der Waals surface area contributed by atoms with Crippen molar-refractivity contribution < 1.29 is 4.52 Å². The van der Waals surface area contributed by atoms with Gasteiger partial charge in [-0.2, -0.15) is 4.98 Å². The number of benzene rings is 1. The van der Waals surface area contributed by atoms with E-state index in [2.05, 4.69) is 22.3 Å². The lowest BCUT2D eigenvalue weighted by molar-refractivity contribution is 0.334. The molecule has 0 bridgehead atoms. The molecule has 18 heavy (non-hydrogen) atoms. The summed E-state index contributed by atoms with van der Waals surface area (Å²) in [5.41, 5.74) is 7.29. The molecule has 1 atom stereocenters. The molecule has 0 spiro atoms. The quantitative estimate of drug-likeness (QED) is 0.896. The summed E-state index contributed by atoms with van der Waals surface area (Å²) in [4.78, 5) is 4.43. The number of hydrogen-bond acceptors (Lipinski definition) is 4. The van der Waals surface area contributed by atoms with Crippen molar-refractivity contribution in [3.8, 4) is 0 Å². The second-order valence-corrected chi connectivity index (χ2v) is 4.91. The average Bonchev–Trinajstić information content (AvgIpc) is 2.77. The molecule has 0 radical (unpaired) electrons. The van der Waals surface area contributed by atoms with Crippen molar-refractivity contribution in [3.05, 3.63) is 47.6 Å². The van der Waals surface area contributed by atoms with Gasteiger partial charge in [0.15, 0.2) is 5.82 Å². The van der Waals surface area contributed by atoms with Crippen molar-refractivity contribution in [1.82, 2.24) is 10.1 Å². The van der Waals surface area contributed by atoms with Gasteiger partial charge < -0.3 is 10.3 Å². The number of rotatable bonds is 4. The van der Waals surface area contributed by atoms with Gasteiger partial charge in [0.2, 0.25) is 5.89 Å². The van der Waals surface area contributed by atoms with Crippen LogP contribution >= 0.6 is 0 Å². The molecule has 0 unspecified atom stereocenters. The molecule has 3 rings (SSSR count). The summed E-state index contributed by atoms with van der Waals surface area (Å²) in [6.07, 6.45) is 4.34. The van der Waals surface area contributed by atoms with E-state index in [0.717, 1.165) is 12.2 Å². The summed E-state index contributed by atoms with van der Waals surface area (Å²) in [6, 6.07) is 9.92. The summed E-state index contributed by atoms with van der Waals surface area (Å²) >= 11 is 0. The fourth-order valence-corrected chi connectivity index (χ4v) is 2.19. The van der Waals surface area contributed by atoms with Crippen LogP contribution in [0, 0.1) is 0 Å². The van der Waals surface area contributed by atoms with Crippen molar-refractivity contribution in [2.24, 2.45) is 5.73 Å². The largest absolute Gasteiger partial charge is 0.338 e. The Morgan fingerprint density at radius 1 is 1.28 bits per heavy atom. The number of nitrogens with two attached hydrogens (primary N) is 1. The van der Waals surface area contributed by atoms with Crippen LogP contribution in [0.4, 0.5) is 0 Å². The van der Waals surface area contributed by atoms with E-state index in [1.54, 1.807) is 0 Å². The fraction of sp³-hybridized carbons (Fsp3) is 0.429. The van der Waals surface area contributed by atoms with Crippen LogP contribution < -0.4 is 5.73 Å². The maximum absolute atomic E-state index is 6.10. The highest BCUT2D eigenvalue weighted by atomic mass is 16.5. The topological polar surface area (TPSA) is 64.9 Å². The first kappa shape index (κ1) is 11.4. The summed E-state index contributed by atoms with van der Waals surface area (Å²) in [5, 5.41) is 4.03. The standard InChI is InChI=1S/C14H17N3O/c15-12(9-10-5-2-1-3-6-10)14-16-13(17-18-14)11-7-4-8-11/h1-3,5-6,11-12H,4,7-9,15H2/t12-/m1/s1. The maximum atomic E-state index is 6.10. The number of aromatic nitrogens is 2. The zero-order chi connectivity index (χ0) is 12.4. The van der Waals surface area contributed by atoms with Gasteiger partial charge in [0.1, 0.15) is 0 Å².